The Kier molecular flexibility index (Phi) is 4.53. The monoisotopic (exact) mass is 371 g/mol. The number of aryl methyl sites for hydroxylation is 2. The lowest BCUT2D eigenvalue weighted by Gasteiger charge is -2.34. The topological polar surface area (TPSA) is 26.0 Å². The molecule has 3 aromatic rings. The number of hydrogen-bond acceptors (Lipinski definition) is 2. The molecule has 0 bridgehead atoms. The van der Waals surface area contributed by atoms with Crippen LogP contribution in [0.5, 0.6) is 0 Å². The van der Waals surface area contributed by atoms with Crippen molar-refractivity contribution < 1.29 is 4.42 Å². The summed E-state index contributed by atoms with van der Waals surface area (Å²) in [4.78, 5) is 4.65. The van der Waals surface area contributed by atoms with E-state index in [1.54, 1.807) is 0 Å². The Balaban J connectivity index is 1.77. The first-order chi connectivity index (χ1) is 13.2. The Bertz CT molecular complexity index is 1070. The van der Waals surface area contributed by atoms with Gasteiger partial charge in [-0.25, -0.2) is 0 Å². The second kappa shape index (κ2) is 6.77. The average Bonchev–Trinajstić information content (AvgIpc) is 3.03. The third-order valence-electron chi connectivity index (χ3n) is 5.71. The van der Waals surface area contributed by atoms with Gasteiger partial charge in [-0.3, -0.25) is 4.98 Å². The van der Waals surface area contributed by atoms with Gasteiger partial charge in [0.1, 0.15) is 11.5 Å². The number of aromatic nitrogens is 1. The van der Waals surface area contributed by atoms with Crippen molar-refractivity contribution in [1.82, 2.24) is 4.98 Å². The van der Waals surface area contributed by atoms with Crippen molar-refractivity contribution in [3.8, 4) is 11.3 Å². The summed E-state index contributed by atoms with van der Waals surface area (Å²) in [7, 11) is 0. The molecule has 2 heteroatoms. The molecule has 0 amide bonds. The molecule has 2 atom stereocenters. The second-order valence-electron chi connectivity index (χ2n) is 9.30. The van der Waals surface area contributed by atoms with E-state index in [4.69, 9.17) is 4.42 Å². The maximum atomic E-state index is 6.36. The minimum Gasteiger partial charge on any atom is -0.454 e. The van der Waals surface area contributed by atoms with Gasteiger partial charge in [0, 0.05) is 22.7 Å². The molecular weight excluding hydrogens is 342 g/mol. The first-order valence-electron chi connectivity index (χ1n) is 10.1. The summed E-state index contributed by atoms with van der Waals surface area (Å²) in [6.07, 6.45) is 8.78. The molecule has 28 heavy (non-hydrogen) atoms. The molecule has 144 valence electrons. The van der Waals surface area contributed by atoms with Crippen LogP contribution in [0.25, 0.3) is 27.8 Å². The van der Waals surface area contributed by atoms with Crippen LogP contribution in [0.4, 0.5) is 0 Å². The first kappa shape index (κ1) is 18.7. The predicted octanol–water partition coefficient (Wildman–Crippen LogP) is 7.36. The second-order valence-corrected chi connectivity index (χ2v) is 9.30. The van der Waals surface area contributed by atoms with Crippen LogP contribution in [-0.4, -0.2) is 4.98 Å². The lowest BCUT2D eigenvalue weighted by Crippen LogP contribution is -2.25. The number of fused-ring (bicyclic) bond motifs is 1. The molecule has 0 saturated heterocycles. The van der Waals surface area contributed by atoms with Crippen molar-refractivity contribution >= 4 is 16.5 Å². The largest absolute Gasteiger partial charge is 0.454 e. The normalized spacial score (nSPS) is 19.9. The van der Waals surface area contributed by atoms with E-state index < -0.39 is 0 Å². The molecule has 0 fully saturated rings. The van der Waals surface area contributed by atoms with Gasteiger partial charge in [0.2, 0.25) is 0 Å². The highest BCUT2D eigenvalue weighted by Gasteiger charge is 2.29. The molecule has 0 aliphatic heterocycles. The summed E-state index contributed by atoms with van der Waals surface area (Å²) in [5.41, 5.74) is 6.78. The van der Waals surface area contributed by atoms with Gasteiger partial charge in [-0.2, -0.15) is 0 Å². The molecule has 1 aliphatic rings. The molecule has 0 N–H and O–H groups in total. The minimum atomic E-state index is 0.256. The lowest BCUT2D eigenvalue weighted by molar-refractivity contribution is 0.245. The zero-order chi connectivity index (χ0) is 20.1. The van der Waals surface area contributed by atoms with Crippen LogP contribution in [0, 0.1) is 31.1 Å². The molecule has 0 saturated carbocycles. The van der Waals surface area contributed by atoms with E-state index in [1.165, 1.54) is 11.1 Å². The van der Waals surface area contributed by atoms with Crippen molar-refractivity contribution in [1.29, 1.82) is 0 Å². The maximum absolute atomic E-state index is 6.36. The molecule has 4 rings (SSSR count). The highest BCUT2D eigenvalue weighted by Crippen LogP contribution is 2.40. The maximum Gasteiger partial charge on any atom is 0.161 e. The van der Waals surface area contributed by atoms with Crippen LogP contribution in [0.15, 0.2) is 59.2 Å². The Morgan fingerprint density at radius 1 is 1.00 bits per heavy atom. The molecular formula is C26H29NO. The van der Waals surface area contributed by atoms with E-state index in [-0.39, 0.29) is 5.41 Å². The van der Waals surface area contributed by atoms with E-state index in [1.807, 2.05) is 12.3 Å². The van der Waals surface area contributed by atoms with Crippen LogP contribution < -0.4 is 0 Å². The third kappa shape index (κ3) is 3.44. The number of hydrogen-bond donors (Lipinski definition) is 0. The van der Waals surface area contributed by atoms with Gasteiger partial charge in [0.05, 0.1) is 0 Å². The van der Waals surface area contributed by atoms with Crippen molar-refractivity contribution in [2.75, 3.05) is 0 Å². The fourth-order valence-corrected chi connectivity index (χ4v) is 4.49. The van der Waals surface area contributed by atoms with Crippen LogP contribution in [0.3, 0.4) is 0 Å². The first-order valence-corrected chi connectivity index (χ1v) is 10.1. The fraction of sp³-hybridized carbons (Fsp3) is 0.346. The molecule has 1 aliphatic carbocycles. The lowest BCUT2D eigenvalue weighted by atomic mass is 9.71. The average molecular weight is 372 g/mol. The molecule has 2 nitrogen and oxygen atoms in total. The zero-order valence-electron chi connectivity index (χ0n) is 17.7. The Morgan fingerprint density at radius 3 is 2.36 bits per heavy atom. The van der Waals surface area contributed by atoms with Gasteiger partial charge in [-0.1, -0.05) is 63.1 Å². The smallest absolute Gasteiger partial charge is 0.161 e. The Labute approximate surface area is 168 Å². The van der Waals surface area contributed by atoms with Crippen molar-refractivity contribution in [3.63, 3.8) is 0 Å². The Morgan fingerprint density at radius 2 is 1.71 bits per heavy atom. The summed E-state index contributed by atoms with van der Waals surface area (Å²) < 4.78 is 6.36. The van der Waals surface area contributed by atoms with Crippen LogP contribution in [0.1, 0.15) is 44.6 Å². The summed E-state index contributed by atoms with van der Waals surface area (Å²) in [5.74, 6) is 1.93. The van der Waals surface area contributed by atoms with Gasteiger partial charge in [0.25, 0.3) is 0 Å². The fourth-order valence-electron chi connectivity index (χ4n) is 4.49. The highest BCUT2D eigenvalue weighted by molar-refractivity contribution is 5.93. The number of furan rings is 1. The quantitative estimate of drug-likeness (QED) is 0.470. The molecule has 0 spiro atoms. The van der Waals surface area contributed by atoms with Crippen molar-refractivity contribution in [2.24, 2.45) is 17.3 Å². The number of rotatable bonds is 2. The summed E-state index contributed by atoms with van der Waals surface area (Å²) in [5, 5.41) is 1.10. The summed E-state index contributed by atoms with van der Waals surface area (Å²) in [6.45, 7) is 13.5. The number of pyridine rings is 1. The number of nitrogens with zero attached hydrogens (tertiary/aromatic N) is 1. The third-order valence-corrected chi connectivity index (χ3v) is 5.71. The van der Waals surface area contributed by atoms with E-state index in [0.29, 0.717) is 11.8 Å². The van der Waals surface area contributed by atoms with Gasteiger partial charge in [-0.15, -0.1) is 0 Å². The van der Waals surface area contributed by atoms with Crippen LogP contribution in [0.2, 0.25) is 0 Å². The van der Waals surface area contributed by atoms with Gasteiger partial charge < -0.3 is 4.42 Å². The van der Waals surface area contributed by atoms with E-state index in [0.717, 1.165) is 33.6 Å². The predicted molar refractivity (Wildman–Crippen MR) is 118 cm³/mol. The standard InChI is InChI=1S/C26H29NO/c1-16-11-17(2)13-21(12-16)24-25-20(9-10-27-24)15-23(28-25)19-7-8-22(18(3)14-19)26(4,5)6/h7-15,18,22H,1-6H3. The van der Waals surface area contributed by atoms with Crippen LogP contribution in [-0.2, 0) is 0 Å². The summed E-state index contributed by atoms with van der Waals surface area (Å²) in [6, 6.07) is 10.7. The van der Waals surface area contributed by atoms with Crippen LogP contribution >= 0.6 is 0 Å². The van der Waals surface area contributed by atoms with Gasteiger partial charge >= 0.3 is 0 Å². The molecule has 0 radical (unpaired) electrons. The number of allylic oxidation sites excluding steroid dienone is 4. The summed E-state index contributed by atoms with van der Waals surface area (Å²) >= 11 is 0. The van der Waals surface area contributed by atoms with Gasteiger partial charge in [0.15, 0.2) is 5.58 Å². The zero-order valence-corrected chi connectivity index (χ0v) is 17.7. The SMILES string of the molecule is Cc1cc(C)cc(-c2nccc3cc(C4=CC(C)C(C(C)(C)C)C=C4)oc23)c1. The van der Waals surface area contributed by atoms with E-state index in [9.17, 15) is 0 Å². The van der Waals surface area contributed by atoms with Crippen molar-refractivity contribution in [3.05, 3.63) is 71.6 Å². The molecule has 2 aromatic heterocycles. The molecule has 2 heterocycles. The van der Waals surface area contributed by atoms with Gasteiger partial charge in [-0.05, 0) is 55.4 Å². The Hall–Kier alpha value is -2.61. The van der Waals surface area contributed by atoms with E-state index in [2.05, 4.69) is 89.0 Å². The minimum absolute atomic E-state index is 0.256. The number of benzene rings is 1. The molecule has 1 aromatic carbocycles. The highest BCUT2D eigenvalue weighted by atomic mass is 16.3. The van der Waals surface area contributed by atoms with E-state index >= 15 is 0 Å². The van der Waals surface area contributed by atoms with Crippen molar-refractivity contribution in [2.45, 2.75) is 41.5 Å². The molecule has 2 unspecified atom stereocenters.